The van der Waals surface area contributed by atoms with Crippen LogP contribution in [0.5, 0.6) is 0 Å². The molecule has 0 fully saturated rings. The SMILES string of the molecule is COCCNCCN(C)c1cccc(C)c1. The maximum absolute atomic E-state index is 4.97. The molecule has 3 nitrogen and oxygen atoms in total. The van der Waals surface area contributed by atoms with Gasteiger partial charge in [0.2, 0.25) is 0 Å². The van der Waals surface area contributed by atoms with Crippen LogP contribution in [0.2, 0.25) is 0 Å². The summed E-state index contributed by atoms with van der Waals surface area (Å²) >= 11 is 0. The summed E-state index contributed by atoms with van der Waals surface area (Å²) in [6.07, 6.45) is 0. The molecule has 0 aliphatic rings. The minimum Gasteiger partial charge on any atom is -0.383 e. The molecule has 90 valence electrons. The zero-order chi connectivity index (χ0) is 11.8. The molecule has 0 spiro atoms. The van der Waals surface area contributed by atoms with Crippen molar-refractivity contribution >= 4 is 5.69 Å². The van der Waals surface area contributed by atoms with Crippen LogP contribution in [0.1, 0.15) is 5.56 Å². The first-order valence-electron chi connectivity index (χ1n) is 5.71. The molecule has 0 unspecified atom stereocenters. The highest BCUT2D eigenvalue weighted by Gasteiger charge is 1.99. The van der Waals surface area contributed by atoms with Crippen LogP contribution in [-0.2, 0) is 4.74 Å². The van der Waals surface area contributed by atoms with Crippen LogP contribution in [0.15, 0.2) is 24.3 Å². The van der Waals surface area contributed by atoms with E-state index in [4.69, 9.17) is 4.74 Å². The number of nitrogens with one attached hydrogen (secondary N) is 1. The Morgan fingerprint density at radius 2 is 2.12 bits per heavy atom. The van der Waals surface area contributed by atoms with Crippen LogP contribution in [0.3, 0.4) is 0 Å². The van der Waals surface area contributed by atoms with Crippen LogP contribution in [0.4, 0.5) is 5.69 Å². The van der Waals surface area contributed by atoms with Crippen LogP contribution >= 0.6 is 0 Å². The lowest BCUT2D eigenvalue weighted by Gasteiger charge is -2.19. The highest BCUT2D eigenvalue weighted by molar-refractivity contribution is 5.47. The number of rotatable bonds is 7. The molecule has 0 radical (unpaired) electrons. The zero-order valence-electron chi connectivity index (χ0n) is 10.5. The van der Waals surface area contributed by atoms with Crippen molar-refractivity contribution in [2.24, 2.45) is 0 Å². The van der Waals surface area contributed by atoms with Crippen molar-refractivity contribution in [3.63, 3.8) is 0 Å². The van der Waals surface area contributed by atoms with E-state index in [1.165, 1.54) is 11.3 Å². The molecule has 0 saturated heterocycles. The zero-order valence-corrected chi connectivity index (χ0v) is 10.5. The number of hydrogen-bond acceptors (Lipinski definition) is 3. The van der Waals surface area contributed by atoms with Gasteiger partial charge in [0.05, 0.1) is 6.61 Å². The second kappa shape index (κ2) is 7.25. The Kier molecular flexibility index (Phi) is 5.90. The van der Waals surface area contributed by atoms with Gasteiger partial charge in [-0.05, 0) is 24.6 Å². The molecule has 1 aromatic rings. The van der Waals surface area contributed by atoms with Crippen molar-refractivity contribution in [2.75, 3.05) is 45.3 Å². The van der Waals surface area contributed by atoms with E-state index < -0.39 is 0 Å². The maximum atomic E-state index is 4.97. The Bertz CT molecular complexity index is 302. The Hall–Kier alpha value is -1.06. The molecule has 0 bridgehead atoms. The van der Waals surface area contributed by atoms with E-state index in [-0.39, 0.29) is 0 Å². The van der Waals surface area contributed by atoms with Gasteiger partial charge in [-0.15, -0.1) is 0 Å². The molecular formula is C13H22N2O. The van der Waals surface area contributed by atoms with Gasteiger partial charge in [-0.2, -0.15) is 0 Å². The van der Waals surface area contributed by atoms with E-state index in [9.17, 15) is 0 Å². The van der Waals surface area contributed by atoms with Gasteiger partial charge in [0, 0.05) is 39.5 Å². The lowest BCUT2D eigenvalue weighted by atomic mass is 10.2. The molecule has 0 amide bonds. The third-order valence-corrected chi connectivity index (χ3v) is 2.55. The van der Waals surface area contributed by atoms with E-state index in [0.29, 0.717) is 0 Å². The summed E-state index contributed by atoms with van der Waals surface area (Å²) < 4.78 is 4.97. The van der Waals surface area contributed by atoms with Gasteiger partial charge >= 0.3 is 0 Å². The predicted molar refractivity (Wildman–Crippen MR) is 69.2 cm³/mol. The number of anilines is 1. The predicted octanol–water partition coefficient (Wildman–Crippen LogP) is 1.67. The first-order valence-corrected chi connectivity index (χ1v) is 5.71. The summed E-state index contributed by atoms with van der Waals surface area (Å²) in [6, 6.07) is 8.56. The molecule has 0 aromatic heterocycles. The van der Waals surface area contributed by atoms with E-state index in [1.807, 2.05) is 0 Å². The Morgan fingerprint density at radius 1 is 1.31 bits per heavy atom. The second-order valence-electron chi connectivity index (χ2n) is 4.00. The highest BCUT2D eigenvalue weighted by Crippen LogP contribution is 2.13. The van der Waals surface area contributed by atoms with Crippen molar-refractivity contribution in [2.45, 2.75) is 6.92 Å². The molecule has 1 aromatic carbocycles. The number of aryl methyl sites for hydroxylation is 1. The summed E-state index contributed by atoms with van der Waals surface area (Å²) in [5.41, 5.74) is 2.57. The van der Waals surface area contributed by atoms with E-state index in [1.54, 1.807) is 7.11 Å². The number of nitrogens with zero attached hydrogens (tertiary/aromatic N) is 1. The van der Waals surface area contributed by atoms with Crippen molar-refractivity contribution in [1.29, 1.82) is 0 Å². The highest BCUT2D eigenvalue weighted by atomic mass is 16.5. The van der Waals surface area contributed by atoms with Crippen molar-refractivity contribution in [3.05, 3.63) is 29.8 Å². The summed E-state index contributed by atoms with van der Waals surface area (Å²) in [6.45, 7) is 5.79. The van der Waals surface area contributed by atoms with Gasteiger partial charge in [-0.25, -0.2) is 0 Å². The summed E-state index contributed by atoms with van der Waals surface area (Å²) in [5, 5.41) is 3.33. The maximum Gasteiger partial charge on any atom is 0.0587 e. The van der Waals surface area contributed by atoms with Gasteiger partial charge in [0.15, 0.2) is 0 Å². The van der Waals surface area contributed by atoms with Gasteiger partial charge in [0.25, 0.3) is 0 Å². The van der Waals surface area contributed by atoms with E-state index >= 15 is 0 Å². The fourth-order valence-electron chi connectivity index (χ4n) is 1.54. The van der Waals surface area contributed by atoms with E-state index in [0.717, 1.165) is 26.2 Å². The number of ether oxygens (including phenoxy) is 1. The molecule has 1 N–H and O–H groups in total. The Labute approximate surface area is 98.4 Å². The second-order valence-corrected chi connectivity index (χ2v) is 4.00. The standard InChI is InChI=1S/C13H22N2O/c1-12-5-4-6-13(11-12)15(2)9-7-14-8-10-16-3/h4-6,11,14H,7-10H2,1-3H3. The van der Waals surface area contributed by atoms with Crippen molar-refractivity contribution in [1.82, 2.24) is 5.32 Å². The van der Waals surface area contributed by atoms with Crippen LogP contribution < -0.4 is 10.2 Å². The molecular weight excluding hydrogens is 200 g/mol. The molecule has 1 rings (SSSR count). The molecule has 3 heteroatoms. The van der Waals surface area contributed by atoms with Gasteiger partial charge in [0.1, 0.15) is 0 Å². The smallest absolute Gasteiger partial charge is 0.0587 e. The largest absolute Gasteiger partial charge is 0.383 e. The fraction of sp³-hybridized carbons (Fsp3) is 0.538. The number of benzene rings is 1. The normalized spacial score (nSPS) is 10.4. The first-order chi connectivity index (χ1) is 7.74. The third kappa shape index (κ3) is 4.64. The summed E-state index contributed by atoms with van der Waals surface area (Å²) in [4.78, 5) is 2.26. The van der Waals surface area contributed by atoms with Crippen molar-refractivity contribution < 1.29 is 4.74 Å². The Balaban J connectivity index is 2.27. The third-order valence-electron chi connectivity index (χ3n) is 2.55. The summed E-state index contributed by atoms with van der Waals surface area (Å²) in [5.74, 6) is 0. The van der Waals surface area contributed by atoms with Crippen LogP contribution in [-0.4, -0.2) is 40.4 Å². The topological polar surface area (TPSA) is 24.5 Å². The summed E-state index contributed by atoms with van der Waals surface area (Å²) in [7, 11) is 3.84. The minimum absolute atomic E-state index is 0.772. The quantitative estimate of drug-likeness (QED) is 0.710. The van der Waals surface area contributed by atoms with E-state index in [2.05, 4.69) is 48.5 Å². The number of likely N-dealkylation sites (N-methyl/N-ethyl adjacent to an activating group) is 1. The molecule has 0 saturated carbocycles. The van der Waals surface area contributed by atoms with Gasteiger partial charge in [-0.1, -0.05) is 12.1 Å². The number of hydrogen-bond donors (Lipinski definition) is 1. The van der Waals surface area contributed by atoms with Gasteiger partial charge in [-0.3, -0.25) is 0 Å². The molecule has 0 aliphatic carbocycles. The molecule has 0 atom stereocenters. The molecule has 0 aliphatic heterocycles. The molecule has 16 heavy (non-hydrogen) atoms. The first kappa shape index (κ1) is 13.0. The lowest BCUT2D eigenvalue weighted by Crippen LogP contribution is -2.30. The van der Waals surface area contributed by atoms with Gasteiger partial charge < -0.3 is 15.0 Å². The molecule has 0 heterocycles. The average Bonchev–Trinajstić information content (AvgIpc) is 2.28. The average molecular weight is 222 g/mol. The van der Waals surface area contributed by atoms with Crippen LogP contribution in [0.25, 0.3) is 0 Å². The van der Waals surface area contributed by atoms with Crippen LogP contribution in [0, 0.1) is 6.92 Å². The Morgan fingerprint density at radius 3 is 2.81 bits per heavy atom. The number of methoxy groups -OCH3 is 1. The lowest BCUT2D eigenvalue weighted by molar-refractivity contribution is 0.200. The fourth-order valence-corrected chi connectivity index (χ4v) is 1.54. The monoisotopic (exact) mass is 222 g/mol. The van der Waals surface area contributed by atoms with Crippen molar-refractivity contribution in [3.8, 4) is 0 Å². The minimum atomic E-state index is 0.772.